The predicted octanol–water partition coefficient (Wildman–Crippen LogP) is 5.58. The second-order valence-electron chi connectivity index (χ2n) is 10.1. The van der Waals surface area contributed by atoms with Crippen molar-refractivity contribution in [1.82, 2.24) is 3.97 Å². The van der Waals surface area contributed by atoms with Crippen LogP contribution in [0, 0.1) is 12.3 Å². The molecule has 1 N–H and O–H groups in total. The second-order valence-corrected chi connectivity index (χ2v) is 11.9. The largest absolute Gasteiger partial charge is 0.384 e. The lowest BCUT2D eigenvalue weighted by Gasteiger charge is -2.52. The summed E-state index contributed by atoms with van der Waals surface area (Å²) in [6.07, 6.45) is 7.08. The summed E-state index contributed by atoms with van der Waals surface area (Å²) in [4.78, 5) is 0.249. The van der Waals surface area contributed by atoms with Gasteiger partial charge in [-0.1, -0.05) is 62.8 Å². The summed E-state index contributed by atoms with van der Waals surface area (Å²) in [5.41, 5.74) is 2.30. The Morgan fingerprint density at radius 3 is 2.41 bits per heavy atom. The highest BCUT2D eigenvalue weighted by Gasteiger charge is 2.54. The Morgan fingerprint density at radius 1 is 1.06 bits per heavy atom. The molecule has 5 heteroatoms. The molecule has 0 spiro atoms. The van der Waals surface area contributed by atoms with Crippen LogP contribution < -0.4 is 0 Å². The van der Waals surface area contributed by atoms with Crippen molar-refractivity contribution < 1.29 is 13.5 Å². The highest BCUT2D eigenvalue weighted by Crippen LogP contribution is 2.58. The van der Waals surface area contributed by atoms with E-state index in [4.69, 9.17) is 0 Å². The molecule has 1 aromatic heterocycles. The van der Waals surface area contributed by atoms with E-state index in [1.54, 1.807) is 18.3 Å². The van der Waals surface area contributed by atoms with Gasteiger partial charge in [-0.3, -0.25) is 0 Å². The van der Waals surface area contributed by atoms with Gasteiger partial charge < -0.3 is 5.11 Å². The van der Waals surface area contributed by atoms with Gasteiger partial charge in [0.2, 0.25) is 0 Å². The highest BCUT2D eigenvalue weighted by atomic mass is 32.2. The van der Waals surface area contributed by atoms with E-state index in [1.807, 2.05) is 43.3 Å². The number of fused-ring (bicyclic) bond motifs is 2. The van der Waals surface area contributed by atoms with Crippen molar-refractivity contribution in [2.24, 2.45) is 5.41 Å². The molecular weight excluding hydrogens is 418 g/mol. The Bertz CT molecular complexity index is 1410. The van der Waals surface area contributed by atoms with E-state index >= 15 is 0 Å². The maximum Gasteiger partial charge on any atom is 0.268 e. The molecule has 2 aliphatic carbocycles. The third kappa shape index (κ3) is 2.61. The van der Waals surface area contributed by atoms with Crippen LogP contribution in [0.3, 0.4) is 0 Å². The first kappa shape index (κ1) is 21.2. The number of aromatic nitrogens is 1. The smallest absolute Gasteiger partial charge is 0.268 e. The van der Waals surface area contributed by atoms with Gasteiger partial charge in [0.15, 0.2) is 0 Å². The van der Waals surface area contributed by atoms with Gasteiger partial charge in [-0.25, -0.2) is 12.4 Å². The molecule has 3 aromatic rings. The van der Waals surface area contributed by atoms with Crippen LogP contribution >= 0.6 is 0 Å². The molecule has 0 radical (unpaired) electrons. The number of nitrogens with zero attached hydrogens (tertiary/aromatic N) is 1. The van der Waals surface area contributed by atoms with E-state index in [2.05, 4.69) is 33.4 Å². The summed E-state index contributed by atoms with van der Waals surface area (Å²) in [5.74, 6) is 0. The van der Waals surface area contributed by atoms with E-state index in [1.165, 1.54) is 3.97 Å². The van der Waals surface area contributed by atoms with Crippen molar-refractivity contribution in [3.05, 3.63) is 84.1 Å². The van der Waals surface area contributed by atoms with E-state index in [0.717, 1.165) is 34.1 Å². The zero-order valence-electron chi connectivity index (χ0n) is 19.0. The van der Waals surface area contributed by atoms with Crippen LogP contribution in [0.25, 0.3) is 16.5 Å². The summed E-state index contributed by atoms with van der Waals surface area (Å²) in [6.45, 7) is 12.2. The van der Waals surface area contributed by atoms with Crippen molar-refractivity contribution >= 4 is 26.5 Å². The standard InChI is InChI=1S/C27H29NO3S/c1-6-26(5)14-15-27(29)22(16-26)20-17-28(32(30,31)19-12-10-18(2)11-13-19)23-9-7-8-21(24(20)23)25(27,3)4/h6-13,16-17,29H,1,14-15H2,2-5H3/t26-,27?/m0/s1. The van der Waals surface area contributed by atoms with E-state index in [-0.39, 0.29) is 10.3 Å². The van der Waals surface area contributed by atoms with Gasteiger partial charge in [0.1, 0.15) is 0 Å². The number of rotatable bonds is 3. The molecule has 0 fully saturated rings. The van der Waals surface area contributed by atoms with Crippen molar-refractivity contribution in [2.75, 3.05) is 0 Å². The van der Waals surface area contributed by atoms with Crippen LogP contribution in [0.1, 0.15) is 50.3 Å². The average Bonchev–Trinajstić information content (AvgIpc) is 3.15. The Hall–Kier alpha value is -2.63. The second kappa shape index (κ2) is 6.46. The number of allylic oxidation sites excluding steroid dienone is 2. The predicted molar refractivity (Wildman–Crippen MR) is 129 cm³/mol. The van der Waals surface area contributed by atoms with Crippen LogP contribution in [-0.4, -0.2) is 23.1 Å². The van der Waals surface area contributed by atoms with Gasteiger partial charge in [0, 0.05) is 28.0 Å². The molecular formula is C27H29NO3S. The fourth-order valence-electron chi connectivity index (χ4n) is 5.45. The Morgan fingerprint density at radius 2 is 1.75 bits per heavy atom. The van der Waals surface area contributed by atoms with Crippen LogP contribution in [0.2, 0.25) is 0 Å². The third-order valence-electron chi connectivity index (χ3n) is 7.78. The van der Waals surface area contributed by atoms with Gasteiger partial charge in [0.25, 0.3) is 10.0 Å². The molecule has 0 saturated heterocycles. The third-order valence-corrected chi connectivity index (χ3v) is 9.47. The Labute approximate surface area is 189 Å². The van der Waals surface area contributed by atoms with Gasteiger partial charge in [-0.15, -0.1) is 6.58 Å². The molecule has 2 aromatic carbocycles. The minimum atomic E-state index is -3.80. The quantitative estimate of drug-likeness (QED) is 0.533. The van der Waals surface area contributed by atoms with E-state index < -0.39 is 21.0 Å². The maximum atomic E-state index is 13.7. The zero-order chi connectivity index (χ0) is 23.1. The van der Waals surface area contributed by atoms with Crippen molar-refractivity contribution in [3.63, 3.8) is 0 Å². The number of benzene rings is 2. The van der Waals surface area contributed by atoms with Crippen molar-refractivity contribution in [2.45, 2.75) is 56.4 Å². The molecule has 1 heterocycles. The fourth-order valence-corrected chi connectivity index (χ4v) is 6.81. The first-order valence-electron chi connectivity index (χ1n) is 11.0. The molecule has 32 heavy (non-hydrogen) atoms. The van der Waals surface area contributed by atoms with E-state index in [9.17, 15) is 13.5 Å². The van der Waals surface area contributed by atoms with Gasteiger partial charge in [-0.2, -0.15) is 0 Å². The lowest BCUT2D eigenvalue weighted by atomic mass is 9.55. The minimum Gasteiger partial charge on any atom is -0.384 e. The van der Waals surface area contributed by atoms with Crippen molar-refractivity contribution in [1.29, 1.82) is 0 Å². The monoisotopic (exact) mass is 447 g/mol. The topological polar surface area (TPSA) is 59.3 Å². The molecule has 4 nitrogen and oxygen atoms in total. The minimum absolute atomic E-state index is 0.249. The number of aryl methyl sites for hydroxylation is 1. The molecule has 0 saturated carbocycles. The molecule has 1 unspecified atom stereocenters. The van der Waals surface area contributed by atoms with Crippen LogP contribution in [0.15, 0.2) is 72.3 Å². The van der Waals surface area contributed by atoms with Crippen LogP contribution in [0.4, 0.5) is 0 Å². The molecule has 166 valence electrons. The Balaban J connectivity index is 1.87. The highest BCUT2D eigenvalue weighted by molar-refractivity contribution is 7.90. The Kier molecular flexibility index (Phi) is 4.28. The molecule has 5 rings (SSSR count). The molecule has 2 aliphatic rings. The summed E-state index contributed by atoms with van der Waals surface area (Å²) in [6, 6.07) is 12.7. The summed E-state index contributed by atoms with van der Waals surface area (Å²) < 4.78 is 28.7. The number of hydrogen-bond donors (Lipinski definition) is 1. The van der Waals surface area contributed by atoms with Gasteiger partial charge in [-0.05, 0) is 49.1 Å². The van der Waals surface area contributed by atoms with Gasteiger partial charge >= 0.3 is 0 Å². The molecule has 0 bridgehead atoms. The zero-order valence-corrected chi connectivity index (χ0v) is 19.8. The van der Waals surface area contributed by atoms with Crippen LogP contribution in [-0.2, 0) is 15.4 Å². The first-order chi connectivity index (χ1) is 14.9. The molecule has 0 amide bonds. The fraction of sp³-hybridized carbons (Fsp3) is 0.333. The molecule has 2 atom stereocenters. The van der Waals surface area contributed by atoms with Crippen LogP contribution in [0.5, 0.6) is 0 Å². The van der Waals surface area contributed by atoms with E-state index in [0.29, 0.717) is 11.9 Å². The summed E-state index contributed by atoms with van der Waals surface area (Å²) in [7, 11) is -3.80. The summed E-state index contributed by atoms with van der Waals surface area (Å²) >= 11 is 0. The SMILES string of the molecule is C=C[C@]1(C)C=C2c3cn(S(=O)(=O)c4ccc(C)cc4)c4cccc(c34)C(C)(C)C2(O)CC1. The van der Waals surface area contributed by atoms with Crippen molar-refractivity contribution in [3.8, 4) is 0 Å². The number of hydrogen-bond acceptors (Lipinski definition) is 3. The summed E-state index contributed by atoms with van der Waals surface area (Å²) in [5, 5.41) is 12.9. The lowest BCUT2D eigenvalue weighted by Crippen LogP contribution is -2.53. The maximum absolute atomic E-state index is 13.7. The molecule has 0 aliphatic heterocycles. The lowest BCUT2D eigenvalue weighted by molar-refractivity contribution is 0.00868. The number of aliphatic hydroxyl groups is 1. The first-order valence-corrected chi connectivity index (χ1v) is 12.5. The normalized spacial score (nSPS) is 26.5. The van der Waals surface area contributed by atoms with Gasteiger partial charge in [0.05, 0.1) is 16.0 Å². The average molecular weight is 448 g/mol.